The standard InChI is InChI=1S/C11H13BrClNO/c1-2-3-4-11(15)14-8-5-6-10(13)9(12)7-8/h5-7H,2-4H2,1H3,(H,14,15). The van der Waals surface area contributed by atoms with Crippen LogP contribution in [-0.4, -0.2) is 5.91 Å². The zero-order valence-corrected chi connectivity index (χ0v) is 10.9. The van der Waals surface area contributed by atoms with Crippen LogP contribution in [0.25, 0.3) is 0 Å². The molecule has 0 aliphatic rings. The van der Waals surface area contributed by atoms with Gasteiger partial charge in [0.05, 0.1) is 5.02 Å². The maximum absolute atomic E-state index is 11.4. The highest BCUT2D eigenvalue weighted by Crippen LogP contribution is 2.25. The Kier molecular flexibility index (Phi) is 5.12. The van der Waals surface area contributed by atoms with Crippen molar-refractivity contribution in [1.29, 1.82) is 0 Å². The lowest BCUT2D eigenvalue weighted by molar-refractivity contribution is -0.116. The molecular weight excluding hydrogens is 277 g/mol. The minimum absolute atomic E-state index is 0.0473. The molecule has 4 heteroatoms. The smallest absolute Gasteiger partial charge is 0.224 e. The third-order valence-corrected chi connectivity index (χ3v) is 3.17. The van der Waals surface area contributed by atoms with E-state index in [0.29, 0.717) is 11.4 Å². The van der Waals surface area contributed by atoms with Gasteiger partial charge in [-0.2, -0.15) is 0 Å². The monoisotopic (exact) mass is 289 g/mol. The van der Waals surface area contributed by atoms with Crippen LogP contribution in [0.15, 0.2) is 22.7 Å². The number of hydrogen-bond donors (Lipinski definition) is 1. The lowest BCUT2D eigenvalue weighted by Crippen LogP contribution is -2.10. The lowest BCUT2D eigenvalue weighted by atomic mass is 10.2. The summed E-state index contributed by atoms with van der Waals surface area (Å²) in [7, 11) is 0. The van der Waals surface area contributed by atoms with Crippen LogP contribution in [0.2, 0.25) is 5.02 Å². The number of benzene rings is 1. The highest BCUT2D eigenvalue weighted by molar-refractivity contribution is 9.10. The van der Waals surface area contributed by atoms with E-state index in [4.69, 9.17) is 11.6 Å². The molecule has 2 nitrogen and oxygen atoms in total. The number of rotatable bonds is 4. The van der Waals surface area contributed by atoms with Gasteiger partial charge in [0.1, 0.15) is 0 Å². The molecule has 82 valence electrons. The van der Waals surface area contributed by atoms with Gasteiger partial charge in [-0.15, -0.1) is 0 Å². The molecule has 1 aromatic carbocycles. The molecule has 15 heavy (non-hydrogen) atoms. The van der Waals surface area contributed by atoms with Gasteiger partial charge in [-0.05, 0) is 40.5 Å². The number of anilines is 1. The molecule has 0 aromatic heterocycles. The third kappa shape index (κ3) is 4.22. The molecule has 0 radical (unpaired) electrons. The Labute approximate surface area is 103 Å². The van der Waals surface area contributed by atoms with Crippen molar-refractivity contribution in [3.8, 4) is 0 Å². The van der Waals surface area contributed by atoms with Crippen LogP contribution in [0.4, 0.5) is 5.69 Å². The van der Waals surface area contributed by atoms with Crippen molar-refractivity contribution in [3.63, 3.8) is 0 Å². The first-order valence-corrected chi connectivity index (χ1v) is 6.05. The summed E-state index contributed by atoms with van der Waals surface area (Å²) in [5.74, 6) is 0.0473. The summed E-state index contributed by atoms with van der Waals surface area (Å²) in [6.45, 7) is 2.06. The second kappa shape index (κ2) is 6.13. The van der Waals surface area contributed by atoms with Crippen LogP contribution < -0.4 is 5.32 Å². The number of unbranched alkanes of at least 4 members (excludes halogenated alkanes) is 1. The average Bonchev–Trinajstić information content (AvgIpc) is 2.20. The first-order chi connectivity index (χ1) is 7.13. The van der Waals surface area contributed by atoms with E-state index in [1.54, 1.807) is 18.2 Å². The zero-order valence-electron chi connectivity index (χ0n) is 8.52. The largest absolute Gasteiger partial charge is 0.326 e. The van der Waals surface area contributed by atoms with Crippen molar-refractivity contribution in [2.45, 2.75) is 26.2 Å². The van der Waals surface area contributed by atoms with Crippen LogP contribution in [0, 0.1) is 0 Å². The van der Waals surface area contributed by atoms with Gasteiger partial charge in [0.25, 0.3) is 0 Å². The third-order valence-electron chi connectivity index (χ3n) is 1.96. The zero-order chi connectivity index (χ0) is 11.3. The minimum Gasteiger partial charge on any atom is -0.326 e. The first kappa shape index (κ1) is 12.5. The van der Waals surface area contributed by atoms with Crippen molar-refractivity contribution < 1.29 is 4.79 Å². The Hall–Kier alpha value is -0.540. The molecule has 1 N–H and O–H groups in total. The fourth-order valence-corrected chi connectivity index (χ4v) is 1.63. The second-order valence-corrected chi connectivity index (χ2v) is 4.54. The predicted octanol–water partition coefficient (Wildman–Crippen LogP) is 4.23. The van der Waals surface area contributed by atoms with Crippen molar-refractivity contribution in [3.05, 3.63) is 27.7 Å². The van der Waals surface area contributed by atoms with Gasteiger partial charge in [-0.3, -0.25) is 4.79 Å². The molecule has 0 saturated carbocycles. The molecule has 1 amide bonds. The number of carbonyl (C=O) groups excluding carboxylic acids is 1. The number of hydrogen-bond acceptors (Lipinski definition) is 1. The van der Waals surface area contributed by atoms with E-state index < -0.39 is 0 Å². The van der Waals surface area contributed by atoms with Crippen LogP contribution >= 0.6 is 27.5 Å². The quantitative estimate of drug-likeness (QED) is 0.883. The van der Waals surface area contributed by atoms with Crippen molar-refractivity contribution >= 4 is 39.1 Å². The van der Waals surface area contributed by atoms with E-state index in [1.807, 2.05) is 0 Å². The summed E-state index contributed by atoms with van der Waals surface area (Å²) in [4.78, 5) is 11.4. The molecule has 0 unspecified atom stereocenters. The van der Waals surface area contributed by atoms with Gasteiger partial charge >= 0.3 is 0 Å². The summed E-state index contributed by atoms with van der Waals surface area (Å²) >= 11 is 9.15. The van der Waals surface area contributed by atoms with Crippen molar-refractivity contribution in [2.24, 2.45) is 0 Å². The van der Waals surface area contributed by atoms with Gasteiger partial charge in [-0.1, -0.05) is 24.9 Å². The molecule has 1 aromatic rings. The Morgan fingerprint density at radius 2 is 2.27 bits per heavy atom. The average molecular weight is 291 g/mol. The summed E-state index contributed by atoms with van der Waals surface area (Å²) in [5.41, 5.74) is 0.771. The number of nitrogens with one attached hydrogen (secondary N) is 1. The van der Waals surface area contributed by atoms with Gasteiger partial charge in [0, 0.05) is 16.6 Å². The van der Waals surface area contributed by atoms with Gasteiger partial charge in [-0.25, -0.2) is 0 Å². The van der Waals surface area contributed by atoms with Crippen LogP contribution in [0.1, 0.15) is 26.2 Å². The summed E-state index contributed by atoms with van der Waals surface area (Å²) < 4.78 is 0.789. The SMILES string of the molecule is CCCCC(=O)Nc1ccc(Cl)c(Br)c1. The molecule has 0 spiro atoms. The Morgan fingerprint density at radius 1 is 1.53 bits per heavy atom. The molecule has 0 saturated heterocycles. The Balaban J connectivity index is 2.57. The fourth-order valence-electron chi connectivity index (χ4n) is 1.13. The summed E-state index contributed by atoms with van der Waals surface area (Å²) in [6, 6.07) is 5.34. The second-order valence-electron chi connectivity index (χ2n) is 3.28. The van der Waals surface area contributed by atoms with E-state index in [2.05, 4.69) is 28.2 Å². The van der Waals surface area contributed by atoms with Crippen LogP contribution in [0.3, 0.4) is 0 Å². The first-order valence-electron chi connectivity index (χ1n) is 4.88. The maximum Gasteiger partial charge on any atom is 0.224 e. The molecule has 0 fully saturated rings. The fraction of sp³-hybridized carbons (Fsp3) is 0.364. The van der Waals surface area contributed by atoms with Crippen LogP contribution in [-0.2, 0) is 4.79 Å². The molecule has 0 aliphatic carbocycles. The number of carbonyl (C=O) groups is 1. The van der Waals surface area contributed by atoms with Gasteiger partial charge in [0.15, 0.2) is 0 Å². The number of halogens is 2. The lowest BCUT2D eigenvalue weighted by Gasteiger charge is -2.05. The van der Waals surface area contributed by atoms with Gasteiger partial charge < -0.3 is 5.32 Å². The maximum atomic E-state index is 11.4. The van der Waals surface area contributed by atoms with E-state index in [9.17, 15) is 4.79 Å². The highest BCUT2D eigenvalue weighted by atomic mass is 79.9. The van der Waals surface area contributed by atoms with Crippen molar-refractivity contribution in [1.82, 2.24) is 0 Å². The Bertz CT molecular complexity index is 354. The normalized spacial score (nSPS) is 10.1. The van der Waals surface area contributed by atoms with Crippen LogP contribution in [0.5, 0.6) is 0 Å². The topological polar surface area (TPSA) is 29.1 Å². The van der Waals surface area contributed by atoms with E-state index in [1.165, 1.54) is 0 Å². The molecule has 0 atom stereocenters. The Morgan fingerprint density at radius 3 is 2.87 bits per heavy atom. The molecule has 0 aliphatic heterocycles. The minimum atomic E-state index is 0.0473. The summed E-state index contributed by atoms with van der Waals surface area (Å²) in [5, 5.41) is 3.46. The van der Waals surface area contributed by atoms with Crippen molar-refractivity contribution in [2.75, 3.05) is 5.32 Å². The number of amides is 1. The van der Waals surface area contributed by atoms with E-state index >= 15 is 0 Å². The van der Waals surface area contributed by atoms with E-state index in [0.717, 1.165) is 23.0 Å². The van der Waals surface area contributed by atoms with Gasteiger partial charge in [0.2, 0.25) is 5.91 Å². The molecule has 0 bridgehead atoms. The molecule has 0 heterocycles. The predicted molar refractivity (Wildman–Crippen MR) is 67.3 cm³/mol. The highest BCUT2D eigenvalue weighted by Gasteiger charge is 2.03. The summed E-state index contributed by atoms with van der Waals surface area (Å²) in [6.07, 6.45) is 2.51. The molecule has 1 rings (SSSR count). The molecular formula is C11H13BrClNO. The van der Waals surface area contributed by atoms with E-state index in [-0.39, 0.29) is 5.91 Å².